The Morgan fingerprint density at radius 3 is 2.60 bits per heavy atom. The minimum atomic E-state index is 0.284. The number of hydrogen-bond acceptors (Lipinski definition) is 4. The van der Waals surface area contributed by atoms with Crippen molar-refractivity contribution in [2.24, 2.45) is 0 Å². The quantitative estimate of drug-likeness (QED) is 0.704. The molecule has 2 aliphatic heterocycles. The molecular weight excluding hydrogens is 192 g/mol. The van der Waals surface area contributed by atoms with Gasteiger partial charge in [-0.15, -0.1) is 0 Å². The molecule has 0 aromatic carbocycles. The highest BCUT2D eigenvalue weighted by molar-refractivity contribution is 4.79. The van der Waals surface area contributed by atoms with Crippen molar-refractivity contribution in [1.29, 1.82) is 0 Å². The highest BCUT2D eigenvalue weighted by Gasteiger charge is 2.25. The Morgan fingerprint density at radius 2 is 2.00 bits per heavy atom. The number of hydrogen-bond donors (Lipinski definition) is 1. The van der Waals surface area contributed by atoms with E-state index in [4.69, 9.17) is 9.84 Å². The van der Waals surface area contributed by atoms with Crippen LogP contribution in [0.2, 0.25) is 0 Å². The Bertz CT molecular complexity index is 175. The van der Waals surface area contributed by atoms with Crippen molar-refractivity contribution in [3.05, 3.63) is 0 Å². The first-order chi connectivity index (χ1) is 7.40. The van der Waals surface area contributed by atoms with Gasteiger partial charge in [0.1, 0.15) is 0 Å². The molecule has 0 saturated carbocycles. The van der Waals surface area contributed by atoms with Crippen LogP contribution in [0.3, 0.4) is 0 Å². The van der Waals surface area contributed by atoms with Crippen LogP contribution in [-0.2, 0) is 4.74 Å². The smallest absolute Gasteiger partial charge is 0.0621 e. The molecule has 0 aromatic heterocycles. The van der Waals surface area contributed by atoms with E-state index in [9.17, 15) is 0 Å². The van der Waals surface area contributed by atoms with Crippen LogP contribution in [0.1, 0.15) is 12.8 Å². The molecule has 2 heterocycles. The zero-order valence-electron chi connectivity index (χ0n) is 9.40. The molecule has 1 N–H and O–H groups in total. The third kappa shape index (κ3) is 3.14. The first kappa shape index (κ1) is 11.3. The second kappa shape index (κ2) is 5.80. The Morgan fingerprint density at radius 1 is 1.20 bits per heavy atom. The number of piperazine rings is 1. The van der Waals surface area contributed by atoms with Gasteiger partial charge >= 0.3 is 0 Å². The highest BCUT2D eigenvalue weighted by Crippen LogP contribution is 2.15. The van der Waals surface area contributed by atoms with Crippen LogP contribution < -0.4 is 0 Å². The van der Waals surface area contributed by atoms with Gasteiger partial charge in [0.2, 0.25) is 0 Å². The van der Waals surface area contributed by atoms with Gasteiger partial charge in [0.15, 0.2) is 0 Å². The number of nitrogens with zero attached hydrogens (tertiary/aromatic N) is 2. The van der Waals surface area contributed by atoms with Gasteiger partial charge in [0.25, 0.3) is 0 Å². The third-order valence-electron chi connectivity index (χ3n) is 3.48. The zero-order valence-corrected chi connectivity index (χ0v) is 9.40. The van der Waals surface area contributed by atoms with E-state index in [1.165, 1.54) is 12.8 Å². The van der Waals surface area contributed by atoms with E-state index in [1.807, 2.05) is 0 Å². The highest BCUT2D eigenvalue weighted by atomic mass is 16.5. The van der Waals surface area contributed by atoms with Crippen molar-refractivity contribution in [3.8, 4) is 0 Å². The molecule has 1 unspecified atom stereocenters. The van der Waals surface area contributed by atoms with Crippen LogP contribution in [0.15, 0.2) is 0 Å². The predicted octanol–water partition coefficient (Wildman–Crippen LogP) is -0.225. The molecule has 0 radical (unpaired) electrons. The van der Waals surface area contributed by atoms with E-state index in [0.29, 0.717) is 6.04 Å². The van der Waals surface area contributed by atoms with Gasteiger partial charge < -0.3 is 9.84 Å². The average Bonchev–Trinajstić information content (AvgIpc) is 2.32. The Labute approximate surface area is 91.8 Å². The average molecular weight is 214 g/mol. The fraction of sp³-hybridized carbons (Fsp3) is 1.00. The molecular formula is C11H22N2O2. The summed E-state index contributed by atoms with van der Waals surface area (Å²) in [5.74, 6) is 0. The number of aliphatic hydroxyl groups excluding tert-OH is 1. The molecule has 2 aliphatic rings. The van der Waals surface area contributed by atoms with Crippen molar-refractivity contribution in [3.63, 3.8) is 0 Å². The second-order valence-electron chi connectivity index (χ2n) is 4.47. The van der Waals surface area contributed by atoms with Crippen LogP contribution in [0.5, 0.6) is 0 Å². The molecule has 2 fully saturated rings. The van der Waals surface area contributed by atoms with Gasteiger partial charge in [-0.25, -0.2) is 0 Å². The van der Waals surface area contributed by atoms with Crippen LogP contribution in [-0.4, -0.2) is 73.5 Å². The monoisotopic (exact) mass is 214 g/mol. The van der Waals surface area contributed by atoms with Gasteiger partial charge in [0.05, 0.1) is 13.2 Å². The van der Waals surface area contributed by atoms with Crippen LogP contribution in [0.4, 0.5) is 0 Å². The lowest BCUT2D eigenvalue weighted by Gasteiger charge is -2.40. The summed E-state index contributed by atoms with van der Waals surface area (Å²) in [6, 6.07) is 0.648. The van der Waals surface area contributed by atoms with Crippen molar-refractivity contribution in [2.45, 2.75) is 18.9 Å². The van der Waals surface area contributed by atoms with Gasteiger partial charge in [-0.3, -0.25) is 9.80 Å². The maximum Gasteiger partial charge on any atom is 0.0621 e. The van der Waals surface area contributed by atoms with Gasteiger partial charge in [-0.05, 0) is 12.8 Å². The van der Waals surface area contributed by atoms with E-state index in [1.54, 1.807) is 0 Å². The lowest BCUT2D eigenvalue weighted by molar-refractivity contribution is -0.00329. The fourth-order valence-corrected chi connectivity index (χ4v) is 2.51. The molecule has 88 valence electrons. The lowest BCUT2D eigenvalue weighted by atomic mass is 10.1. The summed E-state index contributed by atoms with van der Waals surface area (Å²) in [6.45, 7) is 7.43. The van der Waals surface area contributed by atoms with Gasteiger partial charge in [0, 0.05) is 45.4 Å². The predicted molar refractivity (Wildman–Crippen MR) is 58.9 cm³/mol. The number of ether oxygens (including phenoxy) is 1. The molecule has 0 aromatic rings. The number of β-amino-alcohol motifs (C(OH)–C–C–N with tert-alkyl or cyclic N) is 1. The molecule has 0 aliphatic carbocycles. The normalized spacial score (nSPS) is 30.6. The summed E-state index contributed by atoms with van der Waals surface area (Å²) in [7, 11) is 0. The molecule has 0 spiro atoms. The fourth-order valence-electron chi connectivity index (χ4n) is 2.51. The first-order valence-electron chi connectivity index (χ1n) is 6.05. The SMILES string of the molecule is OCCN1CCN(C2CCCOC2)CC1. The molecule has 4 heteroatoms. The van der Waals surface area contributed by atoms with Crippen LogP contribution in [0.25, 0.3) is 0 Å². The summed E-state index contributed by atoms with van der Waals surface area (Å²) in [4.78, 5) is 4.88. The van der Waals surface area contributed by atoms with Crippen LogP contribution >= 0.6 is 0 Å². The third-order valence-corrected chi connectivity index (χ3v) is 3.48. The Balaban J connectivity index is 1.72. The summed E-state index contributed by atoms with van der Waals surface area (Å²) in [5.41, 5.74) is 0. The summed E-state index contributed by atoms with van der Waals surface area (Å²) >= 11 is 0. The summed E-state index contributed by atoms with van der Waals surface area (Å²) in [5, 5.41) is 8.86. The maximum atomic E-state index is 8.86. The van der Waals surface area contributed by atoms with E-state index < -0.39 is 0 Å². The Hall–Kier alpha value is -0.160. The zero-order chi connectivity index (χ0) is 10.5. The van der Waals surface area contributed by atoms with Crippen molar-refractivity contribution >= 4 is 0 Å². The van der Waals surface area contributed by atoms with E-state index in [-0.39, 0.29) is 6.61 Å². The Kier molecular flexibility index (Phi) is 4.38. The maximum absolute atomic E-state index is 8.86. The largest absolute Gasteiger partial charge is 0.395 e. The van der Waals surface area contributed by atoms with Gasteiger partial charge in [-0.2, -0.15) is 0 Å². The lowest BCUT2D eigenvalue weighted by Crippen LogP contribution is -2.52. The topological polar surface area (TPSA) is 35.9 Å². The van der Waals surface area contributed by atoms with Gasteiger partial charge in [-0.1, -0.05) is 0 Å². The first-order valence-corrected chi connectivity index (χ1v) is 6.05. The second-order valence-corrected chi connectivity index (χ2v) is 4.47. The molecule has 2 saturated heterocycles. The molecule has 0 bridgehead atoms. The minimum Gasteiger partial charge on any atom is -0.395 e. The standard InChI is InChI=1S/C11H22N2O2/c14-8-7-12-3-5-13(6-4-12)11-2-1-9-15-10-11/h11,14H,1-10H2. The molecule has 1 atom stereocenters. The molecule has 15 heavy (non-hydrogen) atoms. The van der Waals surface area contributed by atoms with Crippen molar-refractivity contribution in [2.75, 3.05) is 52.5 Å². The summed E-state index contributed by atoms with van der Waals surface area (Å²) in [6.07, 6.45) is 2.50. The minimum absolute atomic E-state index is 0.284. The van der Waals surface area contributed by atoms with Crippen molar-refractivity contribution < 1.29 is 9.84 Å². The number of rotatable bonds is 3. The van der Waals surface area contributed by atoms with E-state index in [2.05, 4.69) is 9.80 Å². The molecule has 4 nitrogen and oxygen atoms in total. The molecule has 2 rings (SSSR count). The molecule has 0 amide bonds. The van der Waals surface area contributed by atoms with Crippen LogP contribution in [0, 0.1) is 0 Å². The summed E-state index contributed by atoms with van der Waals surface area (Å²) < 4.78 is 5.51. The van der Waals surface area contributed by atoms with E-state index >= 15 is 0 Å². The number of aliphatic hydroxyl groups is 1. The van der Waals surface area contributed by atoms with Crippen molar-refractivity contribution in [1.82, 2.24) is 9.80 Å². The van der Waals surface area contributed by atoms with E-state index in [0.717, 1.165) is 45.9 Å².